The first kappa shape index (κ1) is 36.9. The minimum Gasteiger partial charge on any atom is -0.351 e. The molecule has 1 saturated heterocycles. The van der Waals surface area contributed by atoms with E-state index in [1.807, 2.05) is 23.6 Å². The van der Waals surface area contributed by atoms with E-state index >= 15 is 0 Å². The van der Waals surface area contributed by atoms with Crippen LogP contribution in [0.3, 0.4) is 0 Å². The maximum absolute atomic E-state index is 14.0. The number of pyridine rings is 2. The second-order valence-electron chi connectivity index (χ2n) is 13.3. The molecule has 1 aliphatic rings. The molecule has 0 spiro atoms. The Labute approximate surface area is 292 Å². The number of urea groups is 1. The van der Waals surface area contributed by atoms with Crippen molar-refractivity contribution in [2.75, 3.05) is 52.6 Å². The van der Waals surface area contributed by atoms with E-state index in [4.69, 9.17) is 0 Å². The number of benzene rings is 1. The zero-order valence-corrected chi connectivity index (χ0v) is 29.7. The summed E-state index contributed by atoms with van der Waals surface area (Å²) in [5.41, 5.74) is 0.354. The topological polar surface area (TPSA) is 124 Å². The number of likely N-dealkylation sites (N-methyl/N-ethyl adjacent to an activating group) is 1. The third-order valence-corrected chi connectivity index (χ3v) is 9.56. The van der Waals surface area contributed by atoms with E-state index in [1.165, 1.54) is 12.3 Å². The summed E-state index contributed by atoms with van der Waals surface area (Å²) in [6.07, 6.45) is 1.45. The monoisotopic (exact) mass is 712 g/mol. The van der Waals surface area contributed by atoms with E-state index in [9.17, 15) is 27.6 Å². The highest BCUT2D eigenvalue weighted by Crippen LogP contribution is 2.39. The number of anilines is 1. The van der Waals surface area contributed by atoms with Gasteiger partial charge in [-0.25, -0.2) is 14.8 Å². The Morgan fingerprint density at radius 2 is 1.86 bits per heavy atom. The van der Waals surface area contributed by atoms with Crippen LogP contribution >= 0.6 is 11.3 Å². The van der Waals surface area contributed by atoms with Crippen molar-refractivity contribution in [1.29, 1.82) is 0 Å². The first-order chi connectivity index (χ1) is 23.7. The lowest BCUT2D eigenvalue weighted by atomic mass is 9.93. The molecule has 0 unspecified atom stereocenters. The van der Waals surface area contributed by atoms with E-state index in [1.54, 1.807) is 38.2 Å². The molecule has 4 heterocycles. The van der Waals surface area contributed by atoms with Gasteiger partial charge in [0.2, 0.25) is 5.43 Å². The number of aromatic nitrogens is 3. The molecule has 268 valence electrons. The van der Waals surface area contributed by atoms with Crippen LogP contribution in [0.1, 0.15) is 49.2 Å². The number of rotatable bonds is 11. The molecule has 1 aromatic carbocycles. The maximum atomic E-state index is 14.0. The van der Waals surface area contributed by atoms with Crippen molar-refractivity contribution in [3.63, 3.8) is 0 Å². The normalized spacial score (nSPS) is 14.4. The molecule has 1 fully saturated rings. The second-order valence-corrected chi connectivity index (χ2v) is 14.2. The van der Waals surface area contributed by atoms with Gasteiger partial charge in [-0.2, -0.15) is 13.2 Å². The van der Waals surface area contributed by atoms with Crippen molar-refractivity contribution in [3.8, 4) is 21.7 Å². The predicted molar refractivity (Wildman–Crippen MR) is 191 cm³/mol. The van der Waals surface area contributed by atoms with Crippen molar-refractivity contribution < 1.29 is 22.8 Å². The number of thiazole rings is 1. The first-order valence-corrected chi connectivity index (χ1v) is 17.5. The molecule has 0 saturated carbocycles. The lowest BCUT2D eigenvalue weighted by Crippen LogP contribution is -2.34. The molecule has 0 aliphatic carbocycles. The average molecular weight is 713 g/mol. The highest BCUT2D eigenvalue weighted by Gasteiger charge is 2.34. The van der Waals surface area contributed by atoms with Crippen LogP contribution in [-0.2, 0) is 12.7 Å². The molecule has 50 heavy (non-hydrogen) atoms. The van der Waals surface area contributed by atoms with Crippen LogP contribution in [0.2, 0.25) is 0 Å². The number of halogens is 3. The zero-order chi connectivity index (χ0) is 36.2. The van der Waals surface area contributed by atoms with Crippen LogP contribution in [0.25, 0.3) is 32.6 Å². The van der Waals surface area contributed by atoms with Gasteiger partial charge in [-0.15, -0.1) is 11.3 Å². The Kier molecular flexibility index (Phi) is 11.6. The van der Waals surface area contributed by atoms with Crippen molar-refractivity contribution in [1.82, 2.24) is 35.0 Å². The van der Waals surface area contributed by atoms with Crippen LogP contribution in [-0.4, -0.2) is 89.6 Å². The van der Waals surface area contributed by atoms with Crippen molar-refractivity contribution in [2.24, 2.45) is 5.92 Å². The van der Waals surface area contributed by atoms with Gasteiger partial charge in [-0.1, -0.05) is 6.07 Å². The molecule has 1 aliphatic heterocycles. The van der Waals surface area contributed by atoms with Gasteiger partial charge < -0.3 is 25.0 Å². The second kappa shape index (κ2) is 15.7. The molecule has 4 aromatic rings. The number of fused-ring (bicyclic) bond motifs is 1. The fraction of sp³-hybridized carbons (Fsp3) is 0.457. The molecule has 0 bridgehead atoms. The summed E-state index contributed by atoms with van der Waals surface area (Å²) >= 11 is 0.809. The third kappa shape index (κ3) is 9.06. The summed E-state index contributed by atoms with van der Waals surface area (Å²) in [6, 6.07) is 6.01. The molecule has 11 nitrogen and oxygen atoms in total. The number of nitrogens with zero attached hydrogens (tertiary/aromatic N) is 5. The molecule has 3 amide bonds. The lowest BCUT2D eigenvalue weighted by Gasteiger charge is -2.29. The number of hydrogen-bond acceptors (Lipinski definition) is 8. The van der Waals surface area contributed by atoms with Crippen LogP contribution < -0.4 is 21.4 Å². The number of carbonyl (C=O) groups is 2. The molecule has 15 heteroatoms. The zero-order valence-electron chi connectivity index (χ0n) is 28.9. The highest BCUT2D eigenvalue weighted by atomic mass is 32.1. The van der Waals surface area contributed by atoms with E-state index < -0.39 is 29.2 Å². The van der Waals surface area contributed by atoms with Crippen LogP contribution in [0.15, 0.2) is 46.8 Å². The summed E-state index contributed by atoms with van der Waals surface area (Å²) in [7, 11) is 5.89. The number of aryl methyl sites for hydroxylation is 1. The Morgan fingerprint density at radius 3 is 2.52 bits per heavy atom. The fourth-order valence-electron chi connectivity index (χ4n) is 5.95. The molecule has 0 radical (unpaired) electrons. The number of amides is 3. The highest BCUT2D eigenvalue weighted by molar-refractivity contribution is 7.13. The number of piperidine rings is 1. The van der Waals surface area contributed by atoms with Crippen molar-refractivity contribution in [3.05, 3.63) is 63.5 Å². The van der Waals surface area contributed by atoms with Crippen molar-refractivity contribution >= 4 is 40.0 Å². The van der Waals surface area contributed by atoms with Gasteiger partial charge in [0.1, 0.15) is 16.4 Å². The quantitative estimate of drug-likeness (QED) is 0.181. The van der Waals surface area contributed by atoms with Gasteiger partial charge in [0.25, 0.3) is 5.91 Å². The number of likely N-dealkylation sites (tertiary alicyclic amines) is 1. The molecular weight excluding hydrogens is 669 g/mol. The molecule has 5 rings (SSSR count). The first-order valence-electron chi connectivity index (χ1n) is 16.6. The maximum Gasteiger partial charge on any atom is 0.434 e. The Balaban J connectivity index is 1.59. The Bertz CT molecular complexity index is 1900. The third-order valence-electron chi connectivity index (χ3n) is 8.69. The van der Waals surface area contributed by atoms with Crippen molar-refractivity contribution in [2.45, 2.75) is 51.9 Å². The molecular formula is C35H43F3N8O3S. The summed E-state index contributed by atoms with van der Waals surface area (Å²) in [6.45, 7) is 7.18. The smallest absolute Gasteiger partial charge is 0.351 e. The Morgan fingerprint density at radius 1 is 1.12 bits per heavy atom. The van der Waals surface area contributed by atoms with Gasteiger partial charge in [-0.05, 0) is 97.0 Å². The van der Waals surface area contributed by atoms with Crippen LogP contribution in [0, 0.1) is 5.92 Å². The molecule has 0 atom stereocenters. The number of hydrogen-bond donors (Lipinski definition) is 3. The number of nitrogens with one attached hydrogen (secondary N) is 3. The number of carbonyl (C=O) groups excluding carboxylic acids is 2. The number of alkyl halides is 3. The standard InChI is InChI=1S/C35H43F3N8O3S/c1-21(2)41-34(49)43-30-17-24(33-42-29(20-50-33)35(36,37)38)26(18-40-30)23-6-7-28-25(16-23)31(47)27(32(48)39-11-15-44(3)4)19-46(28)14-10-22-8-12-45(5)13-9-22/h6-7,16-22H,8-15H2,1-5H3,(H,39,48)(H2,40,41,43,49). The van der Waals surface area contributed by atoms with Gasteiger partial charge in [-0.3, -0.25) is 14.9 Å². The van der Waals surface area contributed by atoms with E-state index in [0.717, 1.165) is 49.1 Å². The van der Waals surface area contributed by atoms with E-state index in [-0.39, 0.29) is 22.4 Å². The minimum absolute atomic E-state index is 0.0144. The predicted octanol–water partition coefficient (Wildman–Crippen LogP) is 5.76. The van der Waals surface area contributed by atoms with E-state index in [0.29, 0.717) is 53.1 Å². The summed E-state index contributed by atoms with van der Waals surface area (Å²) < 4.78 is 42.7. The summed E-state index contributed by atoms with van der Waals surface area (Å²) in [5.74, 6) is 0.150. The van der Waals surface area contributed by atoms with Gasteiger partial charge >= 0.3 is 12.2 Å². The summed E-state index contributed by atoms with van der Waals surface area (Å²) in [5, 5.41) is 9.46. The van der Waals surface area contributed by atoms with Gasteiger partial charge in [0, 0.05) is 60.0 Å². The molecule has 3 N–H and O–H groups in total. The Hall–Kier alpha value is -4.34. The summed E-state index contributed by atoms with van der Waals surface area (Å²) in [4.78, 5) is 52.2. The van der Waals surface area contributed by atoms with Crippen LogP contribution in [0.5, 0.6) is 0 Å². The SMILES string of the molecule is CC(C)NC(=O)Nc1cc(-c2nc(C(F)(F)F)cs2)c(-c2ccc3c(c2)c(=O)c(C(=O)NCCN(C)C)cn3CCC2CCN(C)CC2)cn1. The lowest BCUT2D eigenvalue weighted by molar-refractivity contribution is -0.140. The minimum atomic E-state index is -4.65. The average Bonchev–Trinajstić information content (AvgIpc) is 3.56. The van der Waals surface area contributed by atoms with Crippen LogP contribution in [0.4, 0.5) is 23.8 Å². The molecule has 3 aromatic heterocycles. The van der Waals surface area contributed by atoms with Gasteiger partial charge in [0.05, 0.1) is 5.52 Å². The fourth-order valence-corrected chi connectivity index (χ4v) is 6.80. The van der Waals surface area contributed by atoms with E-state index in [2.05, 4.69) is 37.9 Å². The van der Waals surface area contributed by atoms with Gasteiger partial charge in [0.15, 0.2) is 5.69 Å². The largest absolute Gasteiger partial charge is 0.434 e.